The van der Waals surface area contributed by atoms with E-state index in [1.165, 1.54) is 0 Å². The molecule has 6 aromatic rings. The van der Waals surface area contributed by atoms with E-state index in [9.17, 15) is 4.79 Å². The Morgan fingerprint density at radius 3 is 2.30 bits per heavy atom. The molecule has 0 saturated carbocycles. The minimum absolute atomic E-state index is 0.142. The van der Waals surface area contributed by atoms with Crippen LogP contribution in [0.5, 0.6) is 11.8 Å². The molecule has 0 atom stereocenters. The molecule has 33 heavy (non-hydrogen) atoms. The van der Waals surface area contributed by atoms with Gasteiger partial charge >= 0.3 is 6.01 Å². The van der Waals surface area contributed by atoms with Gasteiger partial charge in [-0.2, -0.15) is 9.50 Å². The van der Waals surface area contributed by atoms with Crippen molar-refractivity contribution >= 4 is 39.1 Å². The Labute approximate surface area is 193 Å². The molecule has 160 valence electrons. The van der Waals surface area contributed by atoms with Crippen molar-refractivity contribution in [2.75, 3.05) is 0 Å². The average Bonchev–Trinajstić information content (AvgIpc) is 3.26. The fourth-order valence-electron chi connectivity index (χ4n) is 3.98. The van der Waals surface area contributed by atoms with Crippen molar-refractivity contribution in [3.05, 3.63) is 112 Å². The molecule has 0 radical (unpaired) electrons. The highest BCUT2D eigenvalue weighted by Crippen LogP contribution is 2.24. The lowest BCUT2D eigenvalue weighted by Crippen LogP contribution is -2.24. The Morgan fingerprint density at radius 1 is 0.848 bits per heavy atom. The molecule has 0 aliphatic carbocycles. The summed E-state index contributed by atoms with van der Waals surface area (Å²) in [6.07, 6.45) is 0. The third-order valence-corrected chi connectivity index (χ3v) is 5.84. The highest BCUT2D eigenvalue weighted by atomic mass is 35.5. The smallest absolute Gasteiger partial charge is 0.343 e. The van der Waals surface area contributed by atoms with Gasteiger partial charge in [0.1, 0.15) is 5.75 Å². The molecule has 0 bridgehead atoms. The van der Waals surface area contributed by atoms with Gasteiger partial charge in [-0.3, -0.25) is 9.36 Å². The number of ether oxygens (including phenoxy) is 1. The molecule has 4 aromatic carbocycles. The molecular weight excluding hydrogens is 436 g/mol. The van der Waals surface area contributed by atoms with Gasteiger partial charge in [-0.15, -0.1) is 5.10 Å². The van der Waals surface area contributed by atoms with Crippen LogP contribution in [0.4, 0.5) is 0 Å². The van der Waals surface area contributed by atoms with Crippen molar-refractivity contribution in [1.82, 2.24) is 19.2 Å². The van der Waals surface area contributed by atoms with Crippen LogP contribution in [0.15, 0.2) is 95.8 Å². The van der Waals surface area contributed by atoms with Gasteiger partial charge in [0.05, 0.1) is 17.4 Å². The zero-order chi connectivity index (χ0) is 22.4. The van der Waals surface area contributed by atoms with E-state index in [0.717, 1.165) is 16.3 Å². The highest BCUT2D eigenvalue weighted by Gasteiger charge is 2.17. The van der Waals surface area contributed by atoms with Crippen molar-refractivity contribution in [1.29, 1.82) is 0 Å². The van der Waals surface area contributed by atoms with Crippen molar-refractivity contribution in [3.63, 3.8) is 0 Å². The number of para-hydroxylation sites is 1. The van der Waals surface area contributed by atoms with Gasteiger partial charge < -0.3 is 4.74 Å². The number of halogens is 1. The van der Waals surface area contributed by atoms with Gasteiger partial charge in [0.2, 0.25) is 5.78 Å². The van der Waals surface area contributed by atoms with Gasteiger partial charge in [0.25, 0.3) is 5.56 Å². The first-order valence-corrected chi connectivity index (χ1v) is 10.8. The summed E-state index contributed by atoms with van der Waals surface area (Å²) in [5.41, 5.74) is 1.46. The van der Waals surface area contributed by atoms with Crippen LogP contribution in [-0.2, 0) is 6.54 Å². The maximum absolute atomic E-state index is 13.6. The molecule has 7 heteroatoms. The third-order valence-electron chi connectivity index (χ3n) is 5.59. The van der Waals surface area contributed by atoms with E-state index in [1.54, 1.807) is 21.2 Å². The van der Waals surface area contributed by atoms with E-state index in [2.05, 4.69) is 10.1 Å². The molecule has 0 fully saturated rings. The van der Waals surface area contributed by atoms with Crippen LogP contribution in [0.25, 0.3) is 27.5 Å². The second-order valence-electron chi connectivity index (χ2n) is 7.76. The fourth-order valence-corrected chi connectivity index (χ4v) is 4.11. The summed E-state index contributed by atoms with van der Waals surface area (Å²) >= 11 is 6.04. The molecule has 6 nitrogen and oxygen atoms in total. The average molecular weight is 453 g/mol. The van der Waals surface area contributed by atoms with Crippen molar-refractivity contribution in [3.8, 4) is 11.8 Å². The fraction of sp³-hybridized carbons (Fsp3) is 0.0385. The summed E-state index contributed by atoms with van der Waals surface area (Å²) in [6.45, 7) is 0.325. The molecule has 0 amide bonds. The molecule has 2 aromatic heterocycles. The number of hydrogen-bond donors (Lipinski definition) is 0. The number of nitrogens with zero attached hydrogens (tertiary/aromatic N) is 4. The standard InChI is InChI=1S/C26H17ClN4O2/c27-20-12-10-17(11-13-20)16-30-24(32)22-14-18-6-4-5-7-19(18)15-23(22)31-26(30)28-25(29-31)33-21-8-2-1-3-9-21/h1-15H,16H2. The number of fused-ring (bicyclic) bond motifs is 4. The lowest BCUT2D eigenvalue weighted by atomic mass is 10.1. The van der Waals surface area contributed by atoms with Gasteiger partial charge in [-0.05, 0) is 52.7 Å². The monoisotopic (exact) mass is 452 g/mol. The Morgan fingerprint density at radius 2 is 1.55 bits per heavy atom. The summed E-state index contributed by atoms with van der Waals surface area (Å²) in [7, 11) is 0. The molecule has 0 N–H and O–H groups in total. The molecule has 0 aliphatic rings. The highest BCUT2D eigenvalue weighted by molar-refractivity contribution is 6.30. The van der Waals surface area contributed by atoms with E-state index in [-0.39, 0.29) is 11.6 Å². The summed E-state index contributed by atoms with van der Waals surface area (Å²) in [5.74, 6) is 1.03. The van der Waals surface area contributed by atoms with Gasteiger partial charge in [0, 0.05) is 5.02 Å². The summed E-state index contributed by atoms with van der Waals surface area (Å²) in [5, 5.41) is 7.81. The Bertz CT molecular complexity index is 1690. The van der Waals surface area contributed by atoms with E-state index in [0.29, 0.717) is 34.0 Å². The van der Waals surface area contributed by atoms with E-state index < -0.39 is 0 Å². The van der Waals surface area contributed by atoms with Crippen molar-refractivity contribution in [2.24, 2.45) is 0 Å². The normalized spacial score (nSPS) is 11.4. The number of benzene rings is 4. The zero-order valence-corrected chi connectivity index (χ0v) is 18.1. The van der Waals surface area contributed by atoms with Crippen molar-refractivity contribution in [2.45, 2.75) is 6.54 Å². The van der Waals surface area contributed by atoms with E-state index >= 15 is 0 Å². The van der Waals surface area contributed by atoms with Crippen LogP contribution < -0.4 is 10.3 Å². The third kappa shape index (κ3) is 3.50. The van der Waals surface area contributed by atoms with Crippen LogP contribution in [0.1, 0.15) is 5.56 Å². The second-order valence-corrected chi connectivity index (χ2v) is 8.19. The molecule has 2 heterocycles. The van der Waals surface area contributed by atoms with Crippen LogP contribution >= 0.6 is 11.6 Å². The zero-order valence-electron chi connectivity index (χ0n) is 17.4. The molecule has 0 saturated heterocycles. The summed E-state index contributed by atoms with van der Waals surface area (Å²) < 4.78 is 9.18. The molecule has 0 unspecified atom stereocenters. The summed E-state index contributed by atoms with van der Waals surface area (Å²) in [6, 6.07) is 28.7. The predicted molar refractivity (Wildman–Crippen MR) is 129 cm³/mol. The number of hydrogen-bond acceptors (Lipinski definition) is 4. The van der Waals surface area contributed by atoms with Crippen LogP contribution in [0.3, 0.4) is 0 Å². The Kier molecular flexibility index (Phi) is 4.59. The Balaban J connectivity index is 1.61. The van der Waals surface area contributed by atoms with Gasteiger partial charge in [-0.1, -0.05) is 66.2 Å². The minimum atomic E-state index is -0.142. The first-order valence-electron chi connectivity index (χ1n) is 10.5. The van der Waals surface area contributed by atoms with E-state index in [1.807, 2.05) is 78.9 Å². The van der Waals surface area contributed by atoms with Gasteiger partial charge in [-0.25, -0.2) is 0 Å². The first-order chi connectivity index (χ1) is 16.2. The maximum atomic E-state index is 13.6. The number of rotatable bonds is 4. The molecule has 0 spiro atoms. The quantitative estimate of drug-likeness (QED) is 0.322. The topological polar surface area (TPSA) is 61.4 Å². The lowest BCUT2D eigenvalue weighted by molar-refractivity contribution is 0.443. The SMILES string of the molecule is O=c1c2cc3ccccc3cc2n2nc(Oc3ccccc3)nc2n1Cc1ccc(Cl)cc1. The van der Waals surface area contributed by atoms with Gasteiger partial charge in [0.15, 0.2) is 0 Å². The number of aromatic nitrogens is 4. The molecular formula is C26H17ClN4O2. The van der Waals surface area contributed by atoms with Crippen LogP contribution in [0.2, 0.25) is 5.02 Å². The van der Waals surface area contributed by atoms with Crippen molar-refractivity contribution < 1.29 is 4.74 Å². The molecule has 6 rings (SSSR count). The van der Waals surface area contributed by atoms with E-state index in [4.69, 9.17) is 16.3 Å². The maximum Gasteiger partial charge on any atom is 0.343 e. The first kappa shape index (κ1) is 19.5. The Hall–Kier alpha value is -4.16. The van der Waals surface area contributed by atoms with Crippen LogP contribution in [0, 0.1) is 0 Å². The van der Waals surface area contributed by atoms with Crippen LogP contribution in [-0.4, -0.2) is 19.2 Å². The largest absolute Gasteiger partial charge is 0.423 e. The predicted octanol–water partition coefficient (Wildman–Crippen LogP) is 5.69. The summed E-state index contributed by atoms with van der Waals surface area (Å²) in [4.78, 5) is 18.2. The molecule has 0 aliphatic heterocycles. The minimum Gasteiger partial charge on any atom is -0.423 e. The lowest BCUT2D eigenvalue weighted by Gasteiger charge is -2.11. The second kappa shape index (κ2) is 7.76.